The third-order valence-electron chi connectivity index (χ3n) is 5.26. The second-order valence-electron chi connectivity index (χ2n) is 7.93. The predicted octanol–water partition coefficient (Wildman–Crippen LogP) is 5.01. The van der Waals surface area contributed by atoms with Gasteiger partial charge in [-0.1, -0.05) is 53.6 Å². The van der Waals surface area contributed by atoms with E-state index in [1.807, 2.05) is 19.1 Å². The van der Waals surface area contributed by atoms with Crippen LogP contribution in [0.5, 0.6) is 17.2 Å². The first-order valence-electron chi connectivity index (χ1n) is 10.1. The lowest BCUT2D eigenvalue weighted by Crippen LogP contribution is -2.36. The number of hydrogen-bond donors (Lipinski definition) is 3. The Kier molecular flexibility index (Phi) is 6.63. The summed E-state index contributed by atoms with van der Waals surface area (Å²) in [5.74, 6) is -1.03. The fourth-order valence-electron chi connectivity index (χ4n) is 3.57. The van der Waals surface area contributed by atoms with Crippen LogP contribution >= 0.6 is 0 Å². The summed E-state index contributed by atoms with van der Waals surface area (Å²) in [7, 11) is 0. The largest absolute Gasteiger partial charge is 0.507 e. The van der Waals surface area contributed by atoms with Gasteiger partial charge in [-0.15, -0.1) is 0 Å². The van der Waals surface area contributed by atoms with Gasteiger partial charge in [-0.2, -0.15) is 0 Å². The van der Waals surface area contributed by atoms with Crippen molar-refractivity contribution in [3.8, 4) is 17.2 Å². The summed E-state index contributed by atoms with van der Waals surface area (Å²) >= 11 is 0. The van der Waals surface area contributed by atoms with Crippen LogP contribution in [-0.4, -0.2) is 27.2 Å². The number of carbonyl (C=O) groups is 1. The maximum absolute atomic E-state index is 12.8. The number of phenols is 2. The van der Waals surface area contributed by atoms with Crippen molar-refractivity contribution in [3.05, 3.63) is 76.4 Å². The van der Waals surface area contributed by atoms with Crippen molar-refractivity contribution in [1.82, 2.24) is 0 Å². The molecule has 5 nitrogen and oxygen atoms in total. The lowest BCUT2D eigenvalue weighted by Gasteiger charge is -2.31. The van der Waals surface area contributed by atoms with Gasteiger partial charge in [-0.25, -0.2) is 0 Å². The minimum absolute atomic E-state index is 0.0851. The molecule has 0 amide bonds. The summed E-state index contributed by atoms with van der Waals surface area (Å²) in [6, 6.07) is 10.1. The van der Waals surface area contributed by atoms with E-state index >= 15 is 0 Å². The summed E-state index contributed by atoms with van der Waals surface area (Å²) < 4.78 is 6.01. The first-order chi connectivity index (χ1) is 14.3. The normalized spacial score (nSPS) is 18.5. The monoisotopic (exact) mass is 408 g/mol. The summed E-state index contributed by atoms with van der Waals surface area (Å²) in [5.41, 5.74) is 3.40. The number of ketones is 1. The lowest BCUT2D eigenvalue weighted by molar-refractivity contribution is 0.0206. The van der Waals surface area contributed by atoms with Gasteiger partial charge < -0.3 is 20.1 Å². The van der Waals surface area contributed by atoms with Gasteiger partial charge in [0.05, 0.1) is 0 Å². The smallest absolute Gasteiger partial charge is 0.202 e. The zero-order valence-electron chi connectivity index (χ0n) is 17.6. The van der Waals surface area contributed by atoms with E-state index in [9.17, 15) is 20.1 Å². The fraction of sp³-hybridized carbons (Fsp3) is 0.320. The number of benzene rings is 2. The molecule has 0 spiro atoms. The number of allylic oxidation sites excluding steroid dienone is 4. The Morgan fingerprint density at radius 2 is 1.77 bits per heavy atom. The molecule has 0 saturated heterocycles. The van der Waals surface area contributed by atoms with Crippen molar-refractivity contribution >= 4 is 5.78 Å². The van der Waals surface area contributed by atoms with Gasteiger partial charge in [0.1, 0.15) is 22.8 Å². The third kappa shape index (κ3) is 4.57. The molecule has 3 rings (SSSR count). The molecule has 0 aliphatic carbocycles. The maximum atomic E-state index is 12.8. The van der Waals surface area contributed by atoms with Crippen LogP contribution < -0.4 is 4.74 Å². The van der Waals surface area contributed by atoms with E-state index in [4.69, 9.17) is 4.74 Å². The first kappa shape index (κ1) is 21.7. The molecule has 3 N–H and O–H groups in total. The molecular formula is C25H28O5. The second-order valence-corrected chi connectivity index (χ2v) is 7.93. The van der Waals surface area contributed by atoms with E-state index in [1.165, 1.54) is 5.57 Å². The predicted molar refractivity (Wildman–Crippen MR) is 116 cm³/mol. The quantitative estimate of drug-likeness (QED) is 0.585. The summed E-state index contributed by atoms with van der Waals surface area (Å²) in [5, 5.41) is 31.2. The molecule has 2 unspecified atom stereocenters. The fourth-order valence-corrected chi connectivity index (χ4v) is 3.57. The number of fused-ring (bicyclic) bond motifs is 1. The zero-order chi connectivity index (χ0) is 21.8. The number of Topliss-reactive ketones (excluding diaryl/α,β-unsaturated/α-hetero) is 1. The Bertz CT molecular complexity index is 984. The van der Waals surface area contributed by atoms with E-state index in [1.54, 1.807) is 24.3 Å². The summed E-state index contributed by atoms with van der Waals surface area (Å²) in [6.45, 7) is 6.14. The maximum Gasteiger partial charge on any atom is 0.202 e. The number of carbonyl (C=O) groups excluding carboxylic acids is 1. The van der Waals surface area contributed by atoms with E-state index in [-0.39, 0.29) is 17.1 Å². The number of aliphatic hydroxyl groups is 1. The van der Waals surface area contributed by atoms with Gasteiger partial charge in [-0.3, -0.25) is 4.79 Å². The highest BCUT2D eigenvalue weighted by Gasteiger charge is 2.40. The Balaban J connectivity index is 1.95. The molecule has 2 aromatic rings. The Morgan fingerprint density at radius 1 is 1.07 bits per heavy atom. The van der Waals surface area contributed by atoms with Crippen LogP contribution in [0.3, 0.4) is 0 Å². The number of phenolic OH excluding ortho intramolecular Hbond substituents is 2. The van der Waals surface area contributed by atoms with E-state index in [2.05, 4.69) is 19.9 Å². The van der Waals surface area contributed by atoms with Crippen LogP contribution in [0.4, 0.5) is 0 Å². The Morgan fingerprint density at radius 3 is 2.43 bits per heavy atom. The van der Waals surface area contributed by atoms with Crippen LogP contribution in [0.15, 0.2) is 59.7 Å². The van der Waals surface area contributed by atoms with Crippen LogP contribution in [-0.2, 0) is 6.42 Å². The molecule has 0 bridgehead atoms. The van der Waals surface area contributed by atoms with Crippen LogP contribution in [0.2, 0.25) is 0 Å². The minimum atomic E-state index is -1.44. The standard InChI is InChI=1S/C25H28O5/c1-15(2)8-7-9-16(3)12-13-18-19(26)14-20(27)21-22(28)23(29)24(30-25(18)21)17-10-5-4-6-11-17/h4-6,8,10-12,14,23-24,26-27,29H,7,9,13H2,1-3H3/b16-12+. The molecule has 0 radical (unpaired) electrons. The molecular weight excluding hydrogens is 380 g/mol. The van der Waals surface area contributed by atoms with Crippen molar-refractivity contribution in [2.75, 3.05) is 0 Å². The van der Waals surface area contributed by atoms with Gasteiger partial charge in [0, 0.05) is 11.6 Å². The zero-order valence-corrected chi connectivity index (χ0v) is 17.6. The molecule has 1 aliphatic heterocycles. The van der Waals surface area contributed by atoms with E-state index < -0.39 is 23.7 Å². The average molecular weight is 408 g/mol. The topological polar surface area (TPSA) is 87.0 Å². The van der Waals surface area contributed by atoms with Gasteiger partial charge in [0.15, 0.2) is 12.2 Å². The molecule has 1 aliphatic rings. The highest BCUT2D eigenvalue weighted by atomic mass is 16.5. The Hall–Kier alpha value is -3.05. The lowest BCUT2D eigenvalue weighted by atomic mass is 9.90. The number of hydrogen-bond acceptors (Lipinski definition) is 5. The van der Waals surface area contributed by atoms with Gasteiger partial charge in [0.25, 0.3) is 0 Å². The SMILES string of the molecule is CC(C)=CCC/C(C)=C/Cc1c(O)cc(O)c2c1OC(c1ccccc1)C(O)C2=O. The number of aromatic hydroxyl groups is 2. The van der Waals surface area contributed by atoms with Crippen molar-refractivity contribution in [1.29, 1.82) is 0 Å². The molecule has 0 fully saturated rings. The second kappa shape index (κ2) is 9.18. The number of rotatable bonds is 6. The number of ether oxygens (including phenoxy) is 1. The van der Waals surface area contributed by atoms with Crippen LogP contribution in [0.25, 0.3) is 0 Å². The highest BCUT2D eigenvalue weighted by molar-refractivity contribution is 6.06. The summed E-state index contributed by atoms with van der Waals surface area (Å²) in [4.78, 5) is 12.8. The van der Waals surface area contributed by atoms with Crippen molar-refractivity contribution < 1.29 is 24.9 Å². The molecule has 5 heteroatoms. The molecule has 2 atom stereocenters. The van der Waals surface area contributed by atoms with Crippen molar-refractivity contribution in [3.63, 3.8) is 0 Å². The van der Waals surface area contributed by atoms with E-state index in [0.29, 0.717) is 17.5 Å². The van der Waals surface area contributed by atoms with Crippen molar-refractivity contribution in [2.24, 2.45) is 0 Å². The Labute approximate surface area is 177 Å². The van der Waals surface area contributed by atoms with E-state index in [0.717, 1.165) is 24.5 Å². The highest BCUT2D eigenvalue weighted by Crippen LogP contribution is 2.45. The average Bonchev–Trinajstić information content (AvgIpc) is 2.70. The molecule has 30 heavy (non-hydrogen) atoms. The molecule has 158 valence electrons. The number of aliphatic hydroxyl groups excluding tert-OH is 1. The molecule has 2 aromatic carbocycles. The van der Waals surface area contributed by atoms with Gasteiger partial charge in [-0.05, 0) is 45.6 Å². The van der Waals surface area contributed by atoms with Gasteiger partial charge in [0.2, 0.25) is 5.78 Å². The van der Waals surface area contributed by atoms with Crippen molar-refractivity contribution in [2.45, 2.75) is 52.2 Å². The first-order valence-corrected chi connectivity index (χ1v) is 10.1. The molecule has 1 heterocycles. The third-order valence-corrected chi connectivity index (χ3v) is 5.26. The molecule has 0 aromatic heterocycles. The summed E-state index contributed by atoms with van der Waals surface area (Å²) in [6.07, 6.45) is 3.98. The van der Waals surface area contributed by atoms with Gasteiger partial charge >= 0.3 is 0 Å². The van der Waals surface area contributed by atoms with Crippen LogP contribution in [0.1, 0.15) is 61.2 Å². The van der Waals surface area contributed by atoms with Crippen LogP contribution in [0, 0.1) is 0 Å². The molecule has 0 saturated carbocycles. The minimum Gasteiger partial charge on any atom is -0.507 e.